The number of hydrogen-bond donors (Lipinski definition) is 1. The lowest BCUT2D eigenvalue weighted by Crippen LogP contribution is -2.15. The Kier molecular flexibility index (Phi) is 3.06. The molecule has 0 amide bonds. The molecule has 5 heteroatoms. The van der Waals surface area contributed by atoms with Gasteiger partial charge in [-0.05, 0) is 13.0 Å². The summed E-state index contributed by atoms with van der Waals surface area (Å²) in [4.78, 5) is 4.34. The van der Waals surface area contributed by atoms with E-state index in [0.29, 0.717) is 31.6 Å². The first-order valence-electron chi connectivity index (χ1n) is 6.32. The molecule has 100 valence electrons. The Hall–Kier alpha value is -1.75. The van der Waals surface area contributed by atoms with E-state index < -0.39 is 11.6 Å². The smallest absolute Gasteiger partial charge is 0.152 e. The van der Waals surface area contributed by atoms with Crippen molar-refractivity contribution in [3.63, 3.8) is 0 Å². The van der Waals surface area contributed by atoms with Crippen LogP contribution in [-0.2, 0) is 17.8 Å². The standard InChI is InChI=1S/C14H14F2N2O/c1-2-17-13-9-5-8(15)6-11(16)14(9)18-12-3-4-19-7-10(12)13/h5-6H,2-4,7H2,1H3,(H,17,18). The molecule has 1 aliphatic heterocycles. The minimum Gasteiger partial charge on any atom is -0.384 e. The quantitative estimate of drug-likeness (QED) is 0.905. The van der Waals surface area contributed by atoms with Crippen molar-refractivity contribution in [2.24, 2.45) is 0 Å². The number of benzene rings is 1. The molecule has 3 nitrogen and oxygen atoms in total. The molecule has 2 heterocycles. The van der Waals surface area contributed by atoms with Gasteiger partial charge < -0.3 is 10.1 Å². The molecular formula is C14H14F2N2O. The van der Waals surface area contributed by atoms with Gasteiger partial charge in [0.1, 0.15) is 11.3 Å². The van der Waals surface area contributed by atoms with Crippen molar-refractivity contribution in [3.05, 3.63) is 35.0 Å². The molecule has 1 aromatic carbocycles. The third kappa shape index (κ3) is 2.04. The third-order valence-electron chi connectivity index (χ3n) is 3.28. The fraction of sp³-hybridized carbons (Fsp3) is 0.357. The first kappa shape index (κ1) is 12.3. The van der Waals surface area contributed by atoms with Crippen LogP contribution < -0.4 is 5.32 Å². The van der Waals surface area contributed by atoms with Crippen LogP contribution in [0.25, 0.3) is 10.9 Å². The summed E-state index contributed by atoms with van der Waals surface area (Å²) in [5.41, 5.74) is 2.70. The highest BCUT2D eigenvalue weighted by Crippen LogP contribution is 2.33. The Morgan fingerprint density at radius 1 is 1.37 bits per heavy atom. The summed E-state index contributed by atoms with van der Waals surface area (Å²) in [6.07, 6.45) is 0.653. The molecule has 0 aliphatic carbocycles. The molecule has 2 aromatic rings. The summed E-state index contributed by atoms with van der Waals surface area (Å²) in [7, 11) is 0. The summed E-state index contributed by atoms with van der Waals surface area (Å²) >= 11 is 0. The second kappa shape index (κ2) is 4.74. The summed E-state index contributed by atoms with van der Waals surface area (Å²) < 4.78 is 32.7. The van der Waals surface area contributed by atoms with E-state index in [4.69, 9.17) is 4.74 Å². The second-order valence-corrected chi connectivity index (χ2v) is 4.53. The highest BCUT2D eigenvalue weighted by Gasteiger charge is 2.20. The van der Waals surface area contributed by atoms with Crippen molar-refractivity contribution in [2.75, 3.05) is 18.5 Å². The minimum absolute atomic E-state index is 0.220. The van der Waals surface area contributed by atoms with Gasteiger partial charge in [-0.15, -0.1) is 0 Å². The molecule has 0 radical (unpaired) electrons. The van der Waals surface area contributed by atoms with Crippen LogP contribution >= 0.6 is 0 Å². The van der Waals surface area contributed by atoms with Gasteiger partial charge in [-0.1, -0.05) is 0 Å². The van der Waals surface area contributed by atoms with Crippen LogP contribution in [0.15, 0.2) is 12.1 Å². The zero-order chi connectivity index (χ0) is 13.4. The number of ether oxygens (including phenoxy) is 1. The van der Waals surface area contributed by atoms with Gasteiger partial charge in [-0.2, -0.15) is 0 Å². The van der Waals surface area contributed by atoms with E-state index in [-0.39, 0.29) is 5.52 Å². The maximum Gasteiger partial charge on any atom is 0.152 e. The van der Waals surface area contributed by atoms with E-state index in [1.54, 1.807) is 0 Å². The SMILES string of the molecule is CCNc1c2c(nc3c(F)cc(F)cc13)CCOC2. The third-order valence-corrected chi connectivity index (χ3v) is 3.28. The average Bonchev–Trinajstić information content (AvgIpc) is 2.40. The summed E-state index contributed by atoms with van der Waals surface area (Å²) in [6, 6.07) is 2.19. The molecule has 0 unspecified atom stereocenters. The Balaban J connectivity index is 2.35. The van der Waals surface area contributed by atoms with E-state index in [0.717, 1.165) is 23.0 Å². The normalized spacial score (nSPS) is 14.5. The van der Waals surface area contributed by atoms with Gasteiger partial charge in [0.2, 0.25) is 0 Å². The summed E-state index contributed by atoms with van der Waals surface area (Å²) in [5, 5.41) is 3.66. The van der Waals surface area contributed by atoms with Gasteiger partial charge in [-0.25, -0.2) is 13.8 Å². The van der Waals surface area contributed by atoms with Gasteiger partial charge in [0.05, 0.1) is 24.6 Å². The van der Waals surface area contributed by atoms with E-state index in [2.05, 4.69) is 10.3 Å². The van der Waals surface area contributed by atoms with Crippen molar-refractivity contribution in [2.45, 2.75) is 20.0 Å². The number of anilines is 1. The Labute approximate surface area is 109 Å². The van der Waals surface area contributed by atoms with Crippen molar-refractivity contribution in [3.8, 4) is 0 Å². The largest absolute Gasteiger partial charge is 0.384 e. The molecule has 0 saturated heterocycles. The topological polar surface area (TPSA) is 34.2 Å². The number of hydrogen-bond acceptors (Lipinski definition) is 3. The van der Waals surface area contributed by atoms with Crippen molar-refractivity contribution in [1.82, 2.24) is 4.98 Å². The Morgan fingerprint density at radius 3 is 3.00 bits per heavy atom. The molecule has 19 heavy (non-hydrogen) atoms. The number of nitrogens with one attached hydrogen (secondary N) is 1. The fourth-order valence-electron chi connectivity index (χ4n) is 2.46. The molecule has 1 aliphatic rings. The van der Waals surface area contributed by atoms with Crippen LogP contribution in [0.5, 0.6) is 0 Å². The molecular weight excluding hydrogens is 250 g/mol. The lowest BCUT2D eigenvalue weighted by Gasteiger charge is -2.21. The molecule has 0 fully saturated rings. The van der Waals surface area contributed by atoms with Gasteiger partial charge in [0.15, 0.2) is 5.82 Å². The number of pyridine rings is 1. The predicted octanol–water partition coefficient (Wildman–Crippen LogP) is 3.02. The molecule has 1 aromatic heterocycles. The van der Waals surface area contributed by atoms with Crippen LogP contribution in [0.2, 0.25) is 0 Å². The maximum absolute atomic E-state index is 13.9. The highest BCUT2D eigenvalue weighted by molar-refractivity contribution is 5.94. The molecule has 3 rings (SSSR count). The van der Waals surface area contributed by atoms with Gasteiger partial charge in [0.25, 0.3) is 0 Å². The van der Waals surface area contributed by atoms with E-state index >= 15 is 0 Å². The molecule has 1 N–H and O–H groups in total. The lowest BCUT2D eigenvalue weighted by atomic mass is 10.0. The number of aromatic nitrogens is 1. The van der Waals surface area contributed by atoms with Crippen molar-refractivity contribution >= 4 is 16.6 Å². The molecule has 0 atom stereocenters. The number of nitrogens with zero attached hydrogens (tertiary/aromatic N) is 1. The summed E-state index contributed by atoms with van der Waals surface area (Å²) in [6.45, 7) is 3.63. The van der Waals surface area contributed by atoms with Crippen LogP contribution in [0.3, 0.4) is 0 Å². The minimum atomic E-state index is -0.622. The van der Waals surface area contributed by atoms with E-state index in [9.17, 15) is 8.78 Å². The first-order chi connectivity index (χ1) is 9.20. The Bertz CT molecular complexity index is 643. The molecule has 0 bridgehead atoms. The predicted molar refractivity (Wildman–Crippen MR) is 69.2 cm³/mol. The van der Waals surface area contributed by atoms with Crippen LogP contribution in [0.1, 0.15) is 18.2 Å². The highest BCUT2D eigenvalue weighted by atomic mass is 19.1. The number of halogens is 2. The zero-order valence-electron chi connectivity index (χ0n) is 10.6. The van der Waals surface area contributed by atoms with Crippen molar-refractivity contribution < 1.29 is 13.5 Å². The first-order valence-corrected chi connectivity index (χ1v) is 6.32. The van der Waals surface area contributed by atoms with E-state index in [1.165, 1.54) is 6.07 Å². The number of fused-ring (bicyclic) bond motifs is 2. The molecule has 0 saturated carbocycles. The summed E-state index contributed by atoms with van der Waals surface area (Å²) in [5.74, 6) is -1.22. The van der Waals surface area contributed by atoms with Gasteiger partial charge >= 0.3 is 0 Å². The van der Waals surface area contributed by atoms with Gasteiger partial charge in [0, 0.05) is 30.0 Å². The fourth-order valence-corrected chi connectivity index (χ4v) is 2.46. The molecule has 0 spiro atoms. The monoisotopic (exact) mass is 264 g/mol. The van der Waals surface area contributed by atoms with Crippen LogP contribution in [0.4, 0.5) is 14.5 Å². The zero-order valence-corrected chi connectivity index (χ0v) is 10.6. The average molecular weight is 264 g/mol. The maximum atomic E-state index is 13.9. The van der Waals surface area contributed by atoms with Crippen LogP contribution in [-0.4, -0.2) is 18.1 Å². The number of rotatable bonds is 2. The Morgan fingerprint density at radius 2 is 2.21 bits per heavy atom. The van der Waals surface area contributed by atoms with Crippen LogP contribution in [0, 0.1) is 11.6 Å². The van der Waals surface area contributed by atoms with Gasteiger partial charge in [-0.3, -0.25) is 0 Å². The lowest BCUT2D eigenvalue weighted by molar-refractivity contribution is 0.110. The second-order valence-electron chi connectivity index (χ2n) is 4.53. The van der Waals surface area contributed by atoms with E-state index in [1.807, 2.05) is 6.92 Å². The van der Waals surface area contributed by atoms with Crippen molar-refractivity contribution in [1.29, 1.82) is 0 Å².